The van der Waals surface area contributed by atoms with E-state index >= 15 is 0 Å². The molecule has 6 nitrogen and oxygen atoms in total. The van der Waals surface area contributed by atoms with Gasteiger partial charge in [-0.1, -0.05) is 0 Å². The molecule has 2 fully saturated rings. The summed E-state index contributed by atoms with van der Waals surface area (Å²) in [5.41, 5.74) is 0. The second kappa shape index (κ2) is 5.55. The zero-order chi connectivity index (χ0) is 15.9. The maximum Gasteiger partial charge on any atom is 0.243 e. The van der Waals surface area contributed by atoms with E-state index in [9.17, 15) is 13.2 Å². The number of likely N-dealkylation sites (N-methyl/N-ethyl adjacent to an activating group) is 1. The van der Waals surface area contributed by atoms with Crippen LogP contribution in [-0.2, 0) is 14.8 Å². The zero-order valence-corrected chi connectivity index (χ0v) is 13.5. The van der Waals surface area contributed by atoms with Crippen molar-refractivity contribution in [3.63, 3.8) is 0 Å². The van der Waals surface area contributed by atoms with Gasteiger partial charge in [-0.25, -0.2) is 8.42 Å². The van der Waals surface area contributed by atoms with Crippen LogP contribution in [0.2, 0.25) is 0 Å². The number of nitrogens with zero attached hydrogens (tertiary/aromatic N) is 2. The highest BCUT2D eigenvalue weighted by molar-refractivity contribution is 7.89. The summed E-state index contributed by atoms with van der Waals surface area (Å²) in [7, 11) is -2.03. The van der Waals surface area contributed by atoms with Crippen LogP contribution >= 0.6 is 0 Å². The fourth-order valence-corrected chi connectivity index (χ4v) is 5.15. The van der Waals surface area contributed by atoms with Gasteiger partial charge in [-0.05, 0) is 37.6 Å². The number of amides is 1. The van der Waals surface area contributed by atoms with E-state index in [1.165, 1.54) is 11.4 Å². The SMILES string of the molecule is CCN1C(=O)C[C@@H]2[C@@H]1CCN2S(=O)(=O)c1ccc(OC)cc1. The molecule has 1 aromatic carbocycles. The van der Waals surface area contributed by atoms with E-state index in [1.54, 1.807) is 29.2 Å². The predicted molar refractivity (Wildman–Crippen MR) is 81.1 cm³/mol. The highest BCUT2D eigenvalue weighted by atomic mass is 32.2. The van der Waals surface area contributed by atoms with Crippen molar-refractivity contribution in [2.75, 3.05) is 20.2 Å². The predicted octanol–water partition coefficient (Wildman–Crippen LogP) is 1.08. The van der Waals surface area contributed by atoms with Gasteiger partial charge >= 0.3 is 0 Å². The minimum atomic E-state index is -3.57. The molecule has 0 N–H and O–H groups in total. The summed E-state index contributed by atoms with van der Waals surface area (Å²) < 4.78 is 32.2. The largest absolute Gasteiger partial charge is 0.497 e. The Morgan fingerprint density at radius 1 is 1.23 bits per heavy atom. The average molecular weight is 324 g/mol. The molecule has 1 amide bonds. The summed E-state index contributed by atoms with van der Waals surface area (Å²) in [6, 6.07) is 6.16. The number of ether oxygens (including phenoxy) is 1. The molecule has 0 aliphatic carbocycles. The zero-order valence-electron chi connectivity index (χ0n) is 12.7. The molecule has 0 unspecified atom stereocenters. The van der Waals surface area contributed by atoms with Crippen molar-refractivity contribution in [2.24, 2.45) is 0 Å². The first-order valence-corrected chi connectivity index (χ1v) is 8.88. The molecule has 0 bridgehead atoms. The Kier molecular flexibility index (Phi) is 3.86. The molecule has 0 aromatic heterocycles. The molecule has 2 saturated heterocycles. The first-order chi connectivity index (χ1) is 10.5. The maximum absolute atomic E-state index is 12.8. The minimum Gasteiger partial charge on any atom is -0.497 e. The number of sulfonamides is 1. The maximum atomic E-state index is 12.8. The van der Waals surface area contributed by atoms with E-state index in [1.807, 2.05) is 6.92 Å². The fraction of sp³-hybridized carbons (Fsp3) is 0.533. The van der Waals surface area contributed by atoms with E-state index < -0.39 is 10.0 Å². The summed E-state index contributed by atoms with van der Waals surface area (Å²) in [6.45, 7) is 3.03. The molecule has 7 heteroatoms. The van der Waals surface area contributed by atoms with Gasteiger partial charge in [-0.15, -0.1) is 0 Å². The minimum absolute atomic E-state index is 0.0190. The molecule has 0 spiro atoms. The number of methoxy groups -OCH3 is 1. The standard InChI is InChI=1S/C15H20N2O4S/c1-3-16-13-8-9-17(14(13)10-15(16)18)22(19,20)12-6-4-11(21-2)5-7-12/h4-7,13-14H,3,8-10H2,1-2H3/t13-,14+/m0/s1. The van der Waals surface area contributed by atoms with Crippen LogP contribution in [0.3, 0.4) is 0 Å². The lowest BCUT2D eigenvalue weighted by Crippen LogP contribution is -2.39. The average Bonchev–Trinajstić information content (AvgIpc) is 3.05. The lowest BCUT2D eigenvalue weighted by atomic mass is 10.1. The Morgan fingerprint density at radius 2 is 1.91 bits per heavy atom. The van der Waals surface area contributed by atoms with Gasteiger partial charge in [-0.3, -0.25) is 4.79 Å². The normalized spacial score (nSPS) is 25.5. The third kappa shape index (κ3) is 2.28. The molecule has 1 aromatic rings. The van der Waals surface area contributed by atoms with Gasteiger partial charge in [0.05, 0.1) is 24.1 Å². The van der Waals surface area contributed by atoms with Crippen molar-refractivity contribution in [1.29, 1.82) is 0 Å². The second-order valence-electron chi connectivity index (χ2n) is 5.60. The highest BCUT2D eigenvalue weighted by Crippen LogP contribution is 2.36. The van der Waals surface area contributed by atoms with Crippen molar-refractivity contribution in [3.05, 3.63) is 24.3 Å². The van der Waals surface area contributed by atoms with Crippen LogP contribution in [0.5, 0.6) is 5.75 Å². The summed E-state index contributed by atoms with van der Waals surface area (Å²) >= 11 is 0. The summed E-state index contributed by atoms with van der Waals surface area (Å²) in [5.74, 6) is 0.665. The van der Waals surface area contributed by atoms with Crippen LogP contribution in [-0.4, -0.2) is 55.8 Å². The number of benzene rings is 1. The molecule has 2 aliphatic rings. The molecular weight excluding hydrogens is 304 g/mol. The lowest BCUT2D eigenvalue weighted by molar-refractivity contribution is -0.128. The highest BCUT2D eigenvalue weighted by Gasteiger charge is 2.50. The number of carbonyl (C=O) groups is 1. The molecule has 120 valence electrons. The van der Waals surface area contributed by atoms with Crippen molar-refractivity contribution in [1.82, 2.24) is 9.21 Å². The van der Waals surface area contributed by atoms with Gasteiger partial charge in [0.25, 0.3) is 0 Å². The Balaban J connectivity index is 1.88. The molecule has 2 atom stereocenters. The monoisotopic (exact) mass is 324 g/mol. The van der Waals surface area contributed by atoms with Crippen molar-refractivity contribution >= 4 is 15.9 Å². The van der Waals surface area contributed by atoms with Crippen LogP contribution in [0, 0.1) is 0 Å². The van der Waals surface area contributed by atoms with Gasteiger partial charge in [0.1, 0.15) is 5.75 Å². The van der Waals surface area contributed by atoms with E-state index in [0.29, 0.717) is 25.3 Å². The Labute approximate surface area is 130 Å². The molecular formula is C15H20N2O4S. The Hall–Kier alpha value is -1.60. The van der Waals surface area contributed by atoms with E-state index in [2.05, 4.69) is 0 Å². The molecule has 3 rings (SSSR count). The summed E-state index contributed by atoms with van der Waals surface area (Å²) in [5, 5.41) is 0. The van der Waals surface area contributed by atoms with Crippen LogP contribution in [0.4, 0.5) is 0 Å². The molecule has 0 saturated carbocycles. The van der Waals surface area contributed by atoms with Crippen LogP contribution in [0.25, 0.3) is 0 Å². The third-order valence-corrected chi connectivity index (χ3v) is 6.51. The topological polar surface area (TPSA) is 66.9 Å². The molecule has 2 aliphatic heterocycles. The molecule has 2 heterocycles. The molecule has 0 radical (unpaired) electrons. The number of hydrogen-bond acceptors (Lipinski definition) is 4. The quantitative estimate of drug-likeness (QED) is 0.831. The van der Waals surface area contributed by atoms with Gasteiger partial charge < -0.3 is 9.64 Å². The van der Waals surface area contributed by atoms with E-state index in [-0.39, 0.29) is 29.3 Å². The molecule has 22 heavy (non-hydrogen) atoms. The smallest absolute Gasteiger partial charge is 0.243 e. The van der Waals surface area contributed by atoms with Crippen LogP contribution in [0.15, 0.2) is 29.2 Å². The number of rotatable bonds is 4. The van der Waals surface area contributed by atoms with Crippen molar-refractivity contribution in [3.8, 4) is 5.75 Å². The third-order valence-electron chi connectivity index (χ3n) is 4.57. The number of hydrogen-bond donors (Lipinski definition) is 0. The Bertz CT molecular complexity index is 671. The van der Waals surface area contributed by atoms with Gasteiger partial charge in [0, 0.05) is 19.5 Å². The van der Waals surface area contributed by atoms with Crippen molar-refractivity contribution < 1.29 is 17.9 Å². The first kappa shape index (κ1) is 15.3. The second-order valence-corrected chi connectivity index (χ2v) is 7.49. The van der Waals surface area contributed by atoms with Gasteiger partial charge in [0.15, 0.2) is 0 Å². The lowest BCUT2D eigenvalue weighted by Gasteiger charge is -2.24. The number of fused-ring (bicyclic) bond motifs is 1. The van der Waals surface area contributed by atoms with E-state index in [4.69, 9.17) is 4.74 Å². The van der Waals surface area contributed by atoms with Gasteiger partial charge in [-0.2, -0.15) is 4.31 Å². The Morgan fingerprint density at radius 3 is 2.50 bits per heavy atom. The number of likely N-dealkylation sites (tertiary alicyclic amines) is 1. The van der Waals surface area contributed by atoms with Crippen LogP contribution < -0.4 is 4.74 Å². The first-order valence-electron chi connectivity index (χ1n) is 7.44. The fourth-order valence-electron chi connectivity index (χ4n) is 3.48. The van der Waals surface area contributed by atoms with Crippen molar-refractivity contribution in [2.45, 2.75) is 36.7 Å². The summed E-state index contributed by atoms with van der Waals surface area (Å²) in [6.07, 6.45) is 0.994. The van der Waals surface area contributed by atoms with E-state index in [0.717, 1.165) is 0 Å². The summed E-state index contributed by atoms with van der Waals surface area (Å²) in [4.78, 5) is 14.0. The van der Waals surface area contributed by atoms with Gasteiger partial charge in [0.2, 0.25) is 15.9 Å². The van der Waals surface area contributed by atoms with Crippen LogP contribution in [0.1, 0.15) is 19.8 Å². The number of carbonyl (C=O) groups excluding carboxylic acids is 1.